The molecule has 3 aromatic rings. The average Bonchev–Trinajstić information content (AvgIpc) is 2.82. The van der Waals surface area contributed by atoms with Crippen LogP contribution in [0.15, 0.2) is 51.7 Å². The zero-order valence-electron chi connectivity index (χ0n) is 13.2. The third kappa shape index (κ3) is 3.88. The minimum atomic E-state index is -4.35. The molecule has 0 aliphatic carbocycles. The molecule has 3 rings (SSSR count). The van der Waals surface area contributed by atoms with Gasteiger partial charge in [0.25, 0.3) is 0 Å². The van der Waals surface area contributed by atoms with Gasteiger partial charge in [0.15, 0.2) is 12.3 Å². The van der Waals surface area contributed by atoms with Crippen LogP contribution in [0.4, 0.5) is 13.2 Å². The summed E-state index contributed by atoms with van der Waals surface area (Å²) in [5, 5.41) is 0.471. The van der Waals surface area contributed by atoms with E-state index < -0.39 is 17.5 Å². The molecular formula is C17H15ClF3N2O2+. The van der Waals surface area contributed by atoms with Crippen LogP contribution >= 0.6 is 11.6 Å². The van der Waals surface area contributed by atoms with Gasteiger partial charge in [-0.1, -0.05) is 23.7 Å². The topological polar surface area (TPSA) is 39.6 Å². The molecular weight excluding hydrogens is 357 g/mol. The van der Waals surface area contributed by atoms with Gasteiger partial charge in [0.2, 0.25) is 0 Å². The maximum absolute atomic E-state index is 12.6. The monoisotopic (exact) mass is 371 g/mol. The van der Waals surface area contributed by atoms with Crippen molar-refractivity contribution < 1.29 is 22.5 Å². The van der Waals surface area contributed by atoms with Gasteiger partial charge < -0.3 is 9.32 Å². The third-order valence-electron chi connectivity index (χ3n) is 3.85. The van der Waals surface area contributed by atoms with Crippen LogP contribution in [0.25, 0.3) is 11.1 Å². The molecule has 25 heavy (non-hydrogen) atoms. The second-order valence-corrected chi connectivity index (χ2v) is 6.33. The lowest BCUT2D eigenvalue weighted by atomic mass is 10.1. The van der Waals surface area contributed by atoms with Gasteiger partial charge in [-0.05, 0) is 24.3 Å². The third-order valence-corrected chi connectivity index (χ3v) is 4.08. The van der Waals surface area contributed by atoms with Gasteiger partial charge in [-0.15, -0.1) is 0 Å². The number of quaternary nitrogens is 1. The molecule has 0 spiro atoms. The first kappa shape index (κ1) is 17.6. The molecule has 8 heteroatoms. The Kier molecular flexibility index (Phi) is 4.62. The van der Waals surface area contributed by atoms with E-state index in [2.05, 4.69) is 0 Å². The van der Waals surface area contributed by atoms with Crippen molar-refractivity contribution in [3.05, 3.63) is 69.2 Å². The lowest BCUT2D eigenvalue weighted by molar-refractivity contribution is -0.916. The lowest BCUT2D eigenvalue weighted by Crippen LogP contribution is -3.07. The number of benzene rings is 2. The molecule has 0 aliphatic rings. The molecule has 0 radical (unpaired) electrons. The number of fused-ring (bicyclic) bond motifs is 1. The number of rotatable bonds is 4. The fraction of sp³-hybridized carbons (Fsp3) is 0.235. The minimum Gasteiger partial charge on any atom is -0.408 e. The van der Waals surface area contributed by atoms with Gasteiger partial charge in [-0.2, -0.15) is 13.2 Å². The Balaban J connectivity index is 1.76. The molecule has 4 nitrogen and oxygen atoms in total. The molecule has 0 saturated heterocycles. The summed E-state index contributed by atoms with van der Waals surface area (Å²) in [4.78, 5) is 12.9. The first-order valence-corrected chi connectivity index (χ1v) is 7.88. The van der Waals surface area contributed by atoms with Crippen LogP contribution in [0.5, 0.6) is 0 Å². The van der Waals surface area contributed by atoms with Gasteiger partial charge in [-0.3, -0.25) is 0 Å². The van der Waals surface area contributed by atoms with E-state index in [1.54, 1.807) is 18.2 Å². The van der Waals surface area contributed by atoms with Crippen LogP contribution in [0.1, 0.15) is 11.1 Å². The van der Waals surface area contributed by atoms with Crippen LogP contribution in [0.2, 0.25) is 5.02 Å². The Labute approximate surface area is 146 Å². The first-order valence-electron chi connectivity index (χ1n) is 7.50. The Morgan fingerprint density at radius 1 is 1.16 bits per heavy atom. The highest BCUT2D eigenvalue weighted by atomic mass is 35.5. The molecule has 132 valence electrons. The quantitative estimate of drug-likeness (QED) is 0.766. The van der Waals surface area contributed by atoms with E-state index in [-0.39, 0.29) is 0 Å². The predicted octanol–water partition coefficient (Wildman–Crippen LogP) is 2.94. The number of alkyl halides is 3. The van der Waals surface area contributed by atoms with E-state index in [0.717, 1.165) is 22.6 Å². The van der Waals surface area contributed by atoms with E-state index in [4.69, 9.17) is 16.0 Å². The molecule has 0 fully saturated rings. The van der Waals surface area contributed by atoms with Crippen molar-refractivity contribution >= 4 is 22.7 Å². The number of hydrogen-bond donors (Lipinski definition) is 1. The van der Waals surface area contributed by atoms with Gasteiger partial charge in [0.1, 0.15) is 6.54 Å². The minimum absolute atomic E-state index is 0.314. The molecule has 1 atom stereocenters. The largest absolute Gasteiger partial charge is 0.424 e. The van der Waals surface area contributed by atoms with Crippen molar-refractivity contribution in [3.8, 4) is 0 Å². The van der Waals surface area contributed by atoms with Crippen molar-refractivity contribution in [3.63, 3.8) is 0 Å². The van der Waals surface area contributed by atoms with Crippen molar-refractivity contribution in [1.29, 1.82) is 0 Å². The SMILES string of the molecule is C[NH+](Cc1ccc(C(F)(F)F)cc1)Cn1c(=O)oc2cc(Cl)ccc21. The van der Waals surface area contributed by atoms with E-state index in [0.29, 0.717) is 29.3 Å². The van der Waals surface area contributed by atoms with E-state index in [9.17, 15) is 18.0 Å². The van der Waals surface area contributed by atoms with E-state index in [1.807, 2.05) is 7.05 Å². The smallest absolute Gasteiger partial charge is 0.408 e. The van der Waals surface area contributed by atoms with Gasteiger partial charge in [0.05, 0.1) is 18.1 Å². The lowest BCUT2D eigenvalue weighted by Gasteiger charge is -2.15. The number of oxazole rings is 1. The maximum atomic E-state index is 12.6. The van der Waals surface area contributed by atoms with Gasteiger partial charge in [-0.25, -0.2) is 9.36 Å². The second kappa shape index (κ2) is 6.57. The highest BCUT2D eigenvalue weighted by molar-refractivity contribution is 6.31. The number of nitrogens with one attached hydrogen (secondary N) is 1. The summed E-state index contributed by atoms with van der Waals surface area (Å²) in [6.07, 6.45) is -4.35. The molecule has 0 saturated carbocycles. The number of halogens is 4. The summed E-state index contributed by atoms with van der Waals surface area (Å²) in [6.45, 7) is 0.777. The summed E-state index contributed by atoms with van der Waals surface area (Å²) < 4.78 is 44.4. The zero-order chi connectivity index (χ0) is 18.2. The summed E-state index contributed by atoms with van der Waals surface area (Å²) in [6, 6.07) is 9.95. The van der Waals surface area contributed by atoms with Crippen LogP contribution in [-0.4, -0.2) is 11.6 Å². The van der Waals surface area contributed by atoms with E-state index >= 15 is 0 Å². The van der Waals surface area contributed by atoms with Crippen molar-refractivity contribution in [2.24, 2.45) is 0 Å². The normalized spacial score (nSPS) is 13.3. The Morgan fingerprint density at radius 3 is 2.48 bits per heavy atom. The van der Waals surface area contributed by atoms with Crippen LogP contribution in [-0.2, 0) is 19.4 Å². The van der Waals surface area contributed by atoms with Crippen molar-refractivity contribution in [2.75, 3.05) is 7.05 Å². The molecule has 1 heterocycles. The van der Waals surface area contributed by atoms with Crippen LogP contribution in [0, 0.1) is 0 Å². The van der Waals surface area contributed by atoms with Crippen molar-refractivity contribution in [2.45, 2.75) is 19.4 Å². The van der Waals surface area contributed by atoms with Crippen LogP contribution < -0.4 is 10.7 Å². The predicted molar refractivity (Wildman–Crippen MR) is 87.5 cm³/mol. The molecule has 1 aromatic heterocycles. The van der Waals surface area contributed by atoms with E-state index in [1.165, 1.54) is 16.7 Å². The zero-order valence-corrected chi connectivity index (χ0v) is 14.0. The van der Waals surface area contributed by atoms with Crippen molar-refractivity contribution in [1.82, 2.24) is 4.57 Å². The van der Waals surface area contributed by atoms with Crippen LogP contribution in [0.3, 0.4) is 0 Å². The Bertz CT molecular complexity index is 945. The fourth-order valence-electron chi connectivity index (χ4n) is 2.68. The fourth-order valence-corrected chi connectivity index (χ4v) is 2.84. The molecule has 0 amide bonds. The maximum Gasteiger partial charge on any atom is 0.424 e. The summed E-state index contributed by atoms with van der Waals surface area (Å²) >= 11 is 5.88. The number of nitrogens with zero attached hydrogens (tertiary/aromatic N) is 1. The average molecular weight is 372 g/mol. The molecule has 2 aromatic carbocycles. The summed E-state index contributed by atoms with van der Waals surface area (Å²) in [7, 11) is 1.85. The number of aromatic nitrogens is 1. The Hall–Kier alpha value is -2.25. The number of hydrogen-bond acceptors (Lipinski definition) is 2. The first-order chi connectivity index (χ1) is 11.7. The molecule has 0 bridgehead atoms. The molecule has 1 unspecified atom stereocenters. The summed E-state index contributed by atoms with van der Waals surface area (Å²) in [5.74, 6) is -0.496. The standard InChI is InChI=1S/C17H14ClF3N2O2/c1-22(9-11-2-4-12(5-3-11)17(19,20)21)10-23-14-7-6-13(18)8-15(14)25-16(23)24/h2-8H,9-10H2,1H3/p+1. The molecule has 1 N–H and O–H groups in total. The Morgan fingerprint density at radius 2 is 1.84 bits per heavy atom. The second-order valence-electron chi connectivity index (χ2n) is 5.89. The summed E-state index contributed by atoms with van der Waals surface area (Å²) in [5.41, 5.74) is 1.10. The highest BCUT2D eigenvalue weighted by Crippen LogP contribution is 2.28. The van der Waals surface area contributed by atoms with Gasteiger partial charge >= 0.3 is 11.9 Å². The molecule has 0 aliphatic heterocycles. The highest BCUT2D eigenvalue weighted by Gasteiger charge is 2.30. The van der Waals surface area contributed by atoms with Gasteiger partial charge in [0, 0.05) is 16.7 Å².